The van der Waals surface area contributed by atoms with Gasteiger partial charge >= 0.3 is 5.97 Å². The van der Waals surface area contributed by atoms with Gasteiger partial charge < -0.3 is 14.6 Å². The first-order valence-electron chi connectivity index (χ1n) is 10.8. The maximum atomic E-state index is 12.6. The Bertz CT molecular complexity index is 823. The summed E-state index contributed by atoms with van der Waals surface area (Å²) in [6.07, 6.45) is 11.2. The fourth-order valence-corrected chi connectivity index (χ4v) is 3.38. The third kappa shape index (κ3) is 7.08. The largest absolute Gasteiger partial charge is 0.466 e. The van der Waals surface area contributed by atoms with Crippen LogP contribution in [0.4, 0.5) is 5.69 Å². The first-order chi connectivity index (χ1) is 14.1. The summed E-state index contributed by atoms with van der Waals surface area (Å²) in [5, 5.41) is 4.23. The molecule has 0 saturated carbocycles. The van der Waals surface area contributed by atoms with E-state index in [1.54, 1.807) is 0 Å². The molecule has 1 N–H and O–H groups in total. The lowest BCUT2D eigenvalue weighted by molar-refractivity contribution is -0.143. The molecule has 0 spiro atoms. The molecule has 0 saturated heterocycles. The van der Waals surface area contributed by atoms with Crippen LogP contribution in [0.3, 0.4) is 0 Å². The molecule has 0 aliphatic heterocycles. The van der Waals surface area contributed by atoms with E-state index in [0.29, 0.717) is 19.4 Å². The van der Waals surface area contributed by atoms with Crippen LogP contribution in [0, 0.1) is 5.92 Å². The number of aromatic nitrogens is 1. The molecule has 5 nitrogen and oxygen atoms in total. The van der Waals surface area contributed by atoms with E-state index in [9.17, 15) is 9.59 Å². The van der Waals surface area contributed by atoms with Crippen molar-refractivity contribution < 1.29 is 14.3 Å². The number of hydrogen-bond donors (Lipinski definition) is 1. The van der Waals surface area contributed by atoms with Gasteiger partial charge in [0.1, 0.15) is 0 Å². The molecule has 1 aromatic heterocycles. The molecule has 1 amide bonds. The van der Waals surface area contributed by atoms with Crippen molar-refractivity contribution in [2.45, 2.75) is 65.8 Å². The van der Waals surface area contributed by atoms with Gasteiger partial charge in [-0.3, -0.25) is 9.59 Å². The van der Waals surface area contributed by atoms with E-state index in [1.807, 2.05) is 37.4 Å². The Balaban J connectivity index is 1.98. The van der Waals surface area contributed by atoms with Crippen molar-refractivity contribution in [2.75, 3.05) is 11.9 Å². The van der Waals surface area contributed by atoms with Gasteiger partial charge in [-0.2, -0.15) is 0 Å². The average Bonchev–Trinajstić information content (AvgIpc) is 3.11. The lowest BCUT2D eigenvalue weighted by Gasteiger charge is -2.15. The highest BCUT2D eigenvalue weighted by atomic mass is 16.5. The minimum atomic E-state index is -0.159. The van der Waals surface area contributed by atoms with Crippen LogP contribution < -0.4 is 5.32 Å². The molecule has 2 rings (SSSR count). The van der Waals surface area contributed by atoms with E-state index in [0.717, 1.165) is 48.8 Å². The minimum absolute atomic E-state index is 0.0692. The smallest absolute Gasteiger partial charge is 0.306 e. The number of nitrogens with zero attached hydrogens (tertiary/aromatic N) is 1. The van der Waals surface area contributed by atoms with Crippen LogP contribution in [-0.2, 0) is 20.9 Å². The van der Waals surface area contributed by atoms with E-state index >= 15 is 0 Å². The highest BCUT2D eigenvalue weighted by Gasteiger charge is 2.16. The molecule has 29 heavy (non-hydrogen) atoms. The summed E-state index contributed by atoms with van der Waals surface area (Å²) < 4.78 is 7.07. The number of benzene rings is 1. The summed E-state index contributed by atoms with van der Waals surface area (Å²) in [7, 11) is 0. The summed E-state index contributed by atoms with van der Waals surface area (Å²) in [4.78, 5) is 24.0. The van der Waals surface area contributed by atoms with Gasteiger partial charge in [0.2, 0.25) is 5.91 Å². The number of ether oxygens (including phenoxy) is 1. The van der Waals surface area contributed by atoms with Crippen LogP contribution in [-0.4, -0.2) is 23.1 Å². The van der Waals surface area contributed by atoms with Crippen LogP contribution in [0.2, 0.25) is 0 Å². The van der Waals surface area contributed by atoms with Crippen molar-refractivity contribution in [2.24, 2.45) is 5.92 Å². The number of carbonyl (C=O) groups excluding carboxylic acids is 2. The van der Waals surface area contributed by atoms with E-state index < -0.39 is 0 Å². The third-order valence-electron chi connectivity index (χ3n) is 5.10. The first-order valence-corrected chi connectivity index (χ1v) is 10.8. The Morgan fingerprint density at radius 1 is 1.17 bits per heavy atom. The number of esters is 1. The van der Waals surface area contributed by atoms with Crippen LogP contribution in [0.15, 0.2) is 42.6 Å². The third-order valence-corrected chi connectivity index (χ3v) is 5.10. The fraction of sp³-hybridized carbons (Fsp3) is 0.500. The molecule has 0 bridgehead atoms. The van der Waals surface area contributed by atoms with Crippen molar-refractivity contribution in [1.29, 1.82) is 0 Å². The van der Waals surface area contributed by atoms with Crippen molar-refractivity contribution in [1.82, 2.24) is 4.57 Å². The normalized spacial score (nSPS) is 12.4. The molecule has 1 aromatic carbocycles. The number of allylic oxidation sites excluding steroid dienone is 2. The van der Waals surface area contributed by atoms with Crippen molar-refractivity contribution in [3.05, 3.63) is 42.6 Å². The lowest BCUT2D eigenvalue weighted by atomic mass is 9.98. The highest BCUT2D eigenvalue weighted by Crippen LogP contribution is 2.22. The molecule has 5 heteroatoms. The summed E-state index contributed by atoms with van der Waals surface area (Å²) in [5.74, 6) is 0.0188. The zero-order valence-corrected chi connectivity index (χ0v) is 17.9. The number of anilines is 1. The van der Waals surface area contributed by atoms with Crippen LogP contribution >= 0.6 is 0 Å². The van der Waals surface area contributed by atoms with E-state index in [-0.39, 0.29) is 17.8 Å². The van der Waals surface area contributed by atoms with Crippen molar-refractivity contribution in [3.8, 4) is 0 Å². The van der Waals surface area contributed by atoms with Crippen LogP contribution in [0.1, 0.15) is 59.3 Å². The first kappa shape index (κ1) is 22.7. The predicted octanol–water partition coefficient (Wildman–Crippen LogP) is 5.70. The molecule has 158 valence electrons. The van der Waals surface area contributed by atoms with Gasteiger partial charge in [-0.15, -0.1) is 0 Å². The number of amides is 1. The van der Waals surface area contributed by atoms with E-state index in [2.05, 4.69) is 35.9 Å². The Morgan fingerprint density at radius 3 is 2.72 bits per heavy atom. The molecule has 0 aliphatic rings. The maximum Gasteiger partial charge on any atom is 0.306 e. The minimum Gasteiger partial charge on any atom is -0.466 e. The van der Waals surface area contributed by atoms with Gasteiger partial charge in [0.15, 0.2) is 0 Å². The summed E-state index contributed by atoms with van der Waals surface area (Å²) in [5.41, 5.74) is 1.92. The molecule has 1 heterocycles. The molecule has 1 unspecified atom stereocenters. The zero-order valence-electron chi connectivity index (χ0n) is 17.9. The molecular weight excluding hydrogens is 364 g/mol. The number of carbonyl (C=O) groups is 2. The summed E-state index contributed by atoms with van der Waals surface area (Å²) in [6.45, 7) is 7.18. The fourth-order valence-electron chi connectivity index (χ4n) is 3.38. The van der Waals surface area contributed by atoms with Gasteiger partial charge in [-0.1, -0.05) is 44.9 Å². The Labute approximate surface area is 174 Å². The molecule has 0 fully saturated rings. The highest BCUT2D eigenvalue weighted by molar-refractivity contribution is 5.95. The second-order valence-corrected chi connectivity index (χ2v) is 7.29. The van der Waals surface area contributed by atoms with Crippen molar-refractivity contribution in [3.63, 3.8) is 0 Å². The summed E-state index contributed by atoms with van der Waals surface area (Å²) >= 11 is 0. The van der Waals surface area contributed by atoms with Gasteiger partial charge in [-0.25, -0.2) is 0 Å². The zero-order chi connectivity index (χ0) is 21.1. The number of unbranched alkanes of at least 4 members (excludes halogenated alkanes) is 1. The maximum absolute atomic E-state index is 12.6. The lowest BCUT2D eigenvalue weighted by Crippen LogP contribution is -2.22. The van der Waals surface area contributed by atoms with Crippen LogP contribution in [0.25, 0.3) is 10.9 Å². The Kier molecular flexibility index (Phi) is 9.48. The second kappa shape index (κ2) is 12.1. The number of nitrogens with one attached hydrogen (secondary N) is 1. The molecule has 0 aliphatic carbocycles. The van der Waals surface area contributed by atoms with E-state index in [4.69, 9.17) is 4.74 Å². The quantitative estimate of drug-likeness (QED) is 0.369. The molecule has 0 radical (unpaired) electrons. The SMILES string of the molecule is CCCCC(CC)C(=O)Nc1ccc2ccn(C/C=C/CCC(=O)OCC)c2c1. The Hall–Kier alpha value is -2.56. The number of hydrogen-bond acceptors (Lipinski definition) is 3. The average molecular weight is 399 g/mol. The Morgan fingerprint density at radius 2 is 2.00 bits per heavy atom. The van der Waals surface area contributed by atoms with Crippen LogP contribution in [0.5, 0.6) is 0 Å². The van der Waals surface area contributed by atoms with Gasteiger partial charge in [0.05, 0.1) is 12.1 Å². The molecule has 2 aromatic rings. The van der Waals surface area contributed by atoms with Crippen molar-refractivity contribution >= 4 is 28.5 Å². The number of rotatable bonds is 12. The van der Waals surface area contributed by atoms with Gasteiger partial charge in [-0.05, 0) is 49.8 Å². The number of fused-ring (bicyclic) bond motifs is 1. The molecule has 1 atom stereocenters. The topological polar surface area (TPSA) is 60.3 Å². The predicted molar refractivity (Wildman–Crippen MR) is 119 cm³/mol. The summed E-state index contributed by atoms with van der Waals surface area (Å²) in [6, 6.07) is 8.11. The van der Waals surface area contributed by atoms with E-state index in [1.165, 1.54) is 0 Å². The second-order valence-electron chi connectivity index (χ2n) is 7.29. The van der Waals surface area contributed by atoms with Gasteiger partial charge in [0, 0.05) is 30.8 Å². The standard InChI is InChI=1S/C24H34N2O3/c1-4-7-11-19(5-2)24(28)25-21-14-13-20-15-17-26(22(20)18-21)16-10-8-9-12-23(27)29-6-3/h8,10,13-15,17-19H,4-7,9,11-12,16H2,1-3H3,(H,25,28)/b10-8+. The monoisotopic (exact) mass is 398 g/mol. The van der Waals surface area contributed by atoms with Gasteiger partial charge in [0.25, 0.3) is 0 Å². The molecular formula is C24H34N2O3.